The fraction of sp³-hybridized carbons (Fsp3) is 0.154. The van der Waals surface area contributed by atoms with Crippen molar-refractivity contribution in [3.63, 3.8) is 0 Å². The number of nitrogens with zero attached hydrogens (tertiary/aromatic N) is 2. The molecule has 0 aliphatic heterocycles. The normalized spacial score (nSPS) is 11.2. The zero-order chi connectivity index (χ0) is 14.8. The summed E-state index contributed by atoms with van der Waals surface area (Å²) in [4.78, 5) is 19.0. The number of methoxy groups -OCH3 is 1. The molecule has 0 bridgehead atoms. The molecule has 0 aliphatic carbocycles. The van der Waals surface area contributed by atoms with Gasteiger partial charge in [0, 0.05) is 18.0 Å². The number of halogens is 3. The SMILES string of the molecule is COC(=O)c1ccc(C(F)(F)F)c(-c2ncccn2)c1. The molecule has 0 aliphatic rings. The molecule has 4 nitrogen and oxygen atoms in total. The van der Waals surface area contributed by atoms with E-state index in [-0.39, 0.29) is 17.0 Å². The summed E-state index contributed by atoms with van der Waals surface area (Å²) in [5.74, 6) is -0.832. The van der Waals surface area contributed by atoms with Crippen LogP contribution in [0.3, 0.4) is 0 Å². The summed E-state index contributed by atoms with van der Waals surface area (Å²) in [6.07, 6.45) is -1.91. The number of alkyl halides is 3. The Labute approximate surface area is 112 Å². The van der Waals surface area contributed by atoms with E-state index in [1.165, 1.54) is 18.5 Å². The average Bonchev–Trinajstić information content (AvgIpc) is 2.45. The van der Waals surface area contributed by atoms with Gasteiger partial charge in [0.05, 0.1) is 18.2 Å². The van der Waals surface area contributed by atoms with Gasteiger partial charge in [0.1, 0.15) is 0 Å². The second-order valence-electron chi connectivity index (χ2n) is 3.82. The van der Waals surface area contributed by atoms with Crippen LogP contribution in [0, 0.1) is 0 Å². The van der Waals surface area contributed by atoms with Gasteiger partial charge < -0.3 is 4.74 Å². The van der Waals surface area contributed by atoms with Crippen LogP contribution in [0.5, 0.6) is 0 Å². The third-order valence-electron chi connectivity index (χ3n) is 2.55. The Morgan fingerprint density at radius 1 is 1.20 bits per heavy atom. The van der Waals surface area contributed by atoms with Crippen LogP contribution >= 0.6 is 0 Å². The molecule has 0 spiro atoms. The van der Waals surface area contributed by atoms with Gasteiger partial charge >= 0.3 is 12.1 Å². The molecule has 20 heavy (non-hydrogen) atoms. The van der Waals surface area contributed by atoms with Gasteiger partial charge in [0.15, 0.2) is 5.82 Å². The van der Waals surface area contributed by atoms with Crippen molar-refractivity contribution >= 4 is 5.97 Å². The smallest absolute Gasteiger partial charge is 0.417 e. The molecule has 0 atom stereocenters. The lowest BCUT2D eigenvalue weighted by atomic mass is 10.0. The molecule has 1 aromatic heterocycles. The number of aromatic nitrogens is 2. The Morgan fingerprint density at radius 2 is 1.85 bits per heavy atom. The van der Waals surface area contributed by atoms with E-state index in [2.05, 4.69) is 14.7 Å². The fourth-order valence-electron chi connectivity index (χ4n) is 1.66. The highest BCUT2D eigenvalue weighted by Gasteiger charge is 2.34. The van der Waals surface area contributed by atoms with E-state index in [1.807, 2.05) is 0 Å². The number of benzene rings is 1. The van der Waals surface area contributed by atoms with Crippen LogP contribution in [-0.2, 0) is 10.9 Å². The molecule has 1 aromatic carbocycles. The number of ether oxygens (including phenoxy) is 1. The molecule has 2 rings (SSSR count). The van der Waals surface area contributed by atoms with Crippen molar-refractivity contribution in [2.75, 3.05) is 7.11 Å². The van der Waals surface area contributed by atoms with E-state index in [0.717, 1.165) is 25.3 Å². The molecule has 0 unspecified atom stereocenters. The van der Waals surface area contributed by atoms with E-state index >= 15 is 0 Å². The minimum absolute atomic E-state index is 0.00273. The first-order valence-electron chi connectivity index (χ1n) is 5.50. The maximum Gasteiger partial charge on any atom is 0.417 e. The second kappa shape index (κ2) is 5.28. The van der Waals surface area contributed by atoms with Gasteiger partial charge in [-0.1, -0.05) is 0 Å². The maximum atomic E-state index is 13.0. The highest BCUT2D eigenvalue weighted by molar-refractivity contribution is 5.91. The van der Waals surface area contributed by atoms with E-state index in [0.29, 0.717) is 0 Å². The Kier molecular flexibility index (Phi) is 3.69. The standard InChI is InChI=1S/C13H9F3N2O2/c1-20-12(19)8-3-4-10(13(14,15)16)9(7-8)11-17-5-2-6-18-11/h2-7H,1H3. The minimum atomic E-state index is -4.57. The van der Waals surface area contributed by atoms with E-state index < -0.39 is 17.7 Å². The Hall–Kier alpha value is -2.44. The van der Waals surface area contributed by atoms with Crippen molar-refractivity contribution in [2.24, 2.45) is 0 Å². The first kappa shape index (κ1) is 14.0. The third-order valence-corrected chi connectivity index (χ3v) is 2.55. The lowest BCUT2D eigenvalue weighted by molar-refractivity contribution is -0.137. The summed E-state index contributed by atoms with van der Waals surface area (Å²) in [5.41, 5.74) is -1.17. The quantitative estimate of drug-likeness (QED) is 0.795. The van der Waals surface area contributed by atoms with Crippen molar-refractivity contribution in [1.82, 2.24) is 9.97 Å². The minimum Gasteiger partial charge on any atom is -0.465 e. The van der Waals surface area contributed by atoms with Crippen LogP contribution in [0.2, 0.25) is 0 Å². The molecule has 0 fully saturated rings. The molecule has 7 heteroatoms. The third kappa shape index (κ3) is 2.76. The molecule has 0 radical (unpaired) electrons. The summed E-state index contributed by atoms with van der Waals surface area (Å²) < 4.78 is 43.4. The Bertz CT molecular complexity index is 627. The lowest BCUT2D eigenvalue weighted by Gasteiger charge is -2.12. The van der Waals surface area contributed by atoms with Crippen molar-refractivity contribution in [1.29, 1.82) is 0 Å². The molecule has 1 heterocycles. The molecular formula is C13H9F3N2O2. The molecule has 0 saturated carbocycles. The van der Waals surface area contributed by atoms with E-state index in [1.54, 1.807) is 0 Å². The van der Waals surface area contributed by atoms with Gasteiger partial charge in [-0.3, -0.25) is 0 Å². The van der Waals surface area contributed by atoms with Crippen LogP contribution in [0.25, 0.3) is 11.4 Å². The maximum absolute atomic E-state index is 13.0. The average molecular weight is 282 g/mol. The molecule has 104 valence electrons. The lowest BCUT2D eigenvalue weighted by Crippen LogP contribution is -2.10. The van der Waals surface area contributed by atoms with Crippen LogP contribution in [-0.4, -0.2) is 23.0 Å². The number of esters is 1. The van der Waals surface area contributed by atoms with Gasteiger partial charge in [0.25, 0.3) is 0 Å². The van der Waals surface area contributed by atoms with Crippen molar-refractivity contribution in [3.8, 4) is 11.4 Å². The van der Waals surface area contributed by atoms with Crippen LogP contribution in [0.15, 0.2) is 36.7 Å². The second-order valence-corrected chi connectivity index (χ2v) is 3.82. The summed E-state index contributed by atoms with van der Waals surface area (Å²) in [5, 5.41) is 0. The molecule has 2 aromatic rings. The zero-order valence-corrected chi connectivity index (χ0v) is 10.3. The Morgan fingerprint density at radius 3 is 2.40 bits per heavy atom. The molecule has 0 N–H and O–H groups in total. The predicted octanol–water partition coefficient (Wildman–Crippen LogP) is 2.95. The van der Waals surface area contributed by atoms with Gasteiger partial charge in [0.2, 0.25) is 0 Å². The summed E-state index contributed by atoms with van der Waals surface area (Å²) >= 11 is 0. The fourth-order valence-corrected chi connectivity index (χ4v) is 1.66. The molecule has 0 saturated heterocycles. The van der Waals surface area contributed by atoms with Crippen molar-refractivity contribution in [3.05, 3.63) is 47.8 Å². The number of carbonyl (C=O) groups excluding carboxylic acids is 1. The van der Waals surface area contributed by atoms with Crippen LogP contribution < -0.4 is 0 Å². The predicted molar refractivity (Wildman–Crippen MR) is 63.8 cm³/mol. The van der Waals surface area contributed by atoms with Gasteiger partial charge in [-0.25, -0.2) is 14.8 Å². The number of carbonyl (C=O) groups is 1. The summed E-state index contributed by atoms with van der Waals surface area (Å²) in [6.45, 7) is 0. The van der Waals surface area contributed by atoms with Crippen LogP contribution in [0.1, 0.15) is 15.9 Å². The molecule has 0 amide bonds. The largest absolute Gasteiger partial charge is 0.465 e. The summed E-state index contributed by atoms with van der Waals surface area (Å²) in [6, 6.07) is 4.43. The topological polar surface area (TPSA) is 52.1 Å². The van der Waals surface area contributed by atoms with Gasteiger partial charge in [-0.2, -0.15) is 13.2 Å². The highest BCUT2D eigenvalue weighted by atomic mass is 19.4. The van der Waals surface area contributed by atoms with Gasteiger partial charge in [-0.15, -0.1) is 0 Å². The van der Waals surface area contributed by atoms with Crippen LogP contribution in [0.4, 0.5) is 13.2 Å². The monoisotopic (exact) mass is 282 g/mol. The van der Waals surface area contributed by atoms with E-state index in [4.69, 9.17) is 0 Å². The number of rotatable bonds is 2. The zero-order valence-electron chi connectivity index (χ0n) is 10.3. The number of hydrogen-bond donors (Lipinski definition) is 0. The first-order chi connectivity index (χ1) is 9.43. The van der Waals surface area contributed by atoms with E-state index in [9.17, 15) is 18.0 Å². The Balaban J connectivity index is 2.64. The van der Waals surface area contributed by atoms with Crippen molar-refractivity contribution in [2.45, 2.75) is 6.18 Å². The number of hydrogen-bond acceptors (Lipinski definition) is 4. The molecular weight excluding hydrogens is 273 g/mol. The van der Waals surface area contributed by atoms with Crippen molar-refractivity contribution < 1.29 is 22.7 Å². The van der Waals surface area contributed by atoms with Gasteiger partial charge in [-0.05, 0) is 24.3 Å². The highest BCUT2D eigenvalue weighted by Crippen LogP contribution is 2.36. The summed E-state index contributed by atoms with van der Waals surface area (Å²) in [7, 11) is 1.15. The first-order valence-corrected chi connectivity index (χ1v) is 5.50.